The number of alkyl halides is 1. The van der Waals surface area contributed by atoms with Crippen molar-refractivity contribution in [3.8, 4) is 0 Å². The maximum atomic E-state index is 14.7. The number of benzene rings is 1. The number of rotatable bonds is 8. The zero-order valence-electron chi connectivity index (χ0n) is 25.6. The predicted molar refractivity (Wildman–Crippen MR) is 154 cm³/mol. The van der Waals surface area contributed by atoms with Gasteiger partial charge in [-0.2, -0.15) is 4.98 Å². The van der Waals surface area contributed by atoms with E-state index in [1.807, 2.05) is 12.3 Å². The lowest BCUT2D eigenvalue weighted by atomic mass is 9.88. The molecule has 1 aromatic carbocycles. The number of piperidine rings is 1. The molecule has 3 aromatic rings. The van der Waals surface area contributed by atoms with Gasteiger partial charge in [-0.25, -0.2) is 22.8 Å². The minimum absolute atomic E-state index is 0.0705. The number of nitrogens with zero attached hydrogens (tertiary/aromatic N) is 5. The van der Waals surface area contributed by atoms with E-state index in [0.717, 1.165) is 16.5 Å². The number of hydrogen-bond donors (Lipinski definition) is 1. The van der Waals surface area contributed by atoms with Crippen LogP contribution >= 0.6 is 0 Å². The van der Waals surface area contributed by atoms with Crippen molar-refractivity contribution in [1.29, 1.82) is 0 Å². The molecule has 0 radical (unpaired) electrons. The average Bonchev–Trinajstić information content (AvgIpc) is 2.90. The summed E-state index contributed by atoms with van der Waals surface area (Å²) in [7, 11) is -5.69. The largest absolute Gasteiger partial charge is 0.378 e. The summed E-state index contributed by atoms with van der Waals surface area (Å²) >= 11 is 0. The number of ether oxygens (including phenoxy) is 1. The first-order chi connectivity index (χ1) is 19.7. The minimum Gasteiger partial charge on any atom is -0.378 e. The van der Waals surface area contributed by atoms with Gasteiger partial charge < -0.3 is 19.9 Å². The van der Waals surface area contributed by atoms with E-state index in [4.69, 9.17) is 8.85 Å². The number of anilines is 4. The van der Waals surface area contributed by atoms with Crippen molar-refractivity contribution in [3.05, 3.63) is 42.2 Å². The fourth-order valence-corrected chi connectivity index (χ4v) is 6.72. The summed E-state index contributed by atoms with van der Waals surface area (Å²) in [5.74, 6) is 1.95. The van der Waals surface area contributed by atoms with Crippen LogP contribution in [0.1, 0.15) is 42.8 Å². The van der Waals surface area contributed by atoms with Gasteiger partial charge in [-0.15, -0.1) is 0 Å². The predicted octanol–water partition coefficient (Wildman–Crippen LogP) is 4.32. The third-order valence-corrected chi connectivity index (χ3v) is 8.81. The summed E-state index contributed by atoms with van der Waals surface area (Å²) in [6, 6.07) is 8.01. The number of fused-ring (bicyclic) bond motifs is 1. The van der Waals surface area contributed by atoms with E-state index in [0.29, 0.717) is 30.7 Å². The molecule has 2 saturated heterocycles. The fourth-order valence-electron chi connectivity index (χ4n) is 5.55. The Balaban J connectivity index is 1.35. The highest BCUT2D eigenvalue weighted by molar-refractivity contribution is 7.90. The molecule has 9 nitrogen and oxygen atoms in total. The Labute approximate surface area is 233 Å². The zero-order chi connectivity index (χ0) is 30.4. The van der Waals surface area contributed by atoms with Gasteiger partial charge in [-0.1, -0.05) is 19.9 Å². The van der Waals surface area contributed by atoms with E-state index in [9.17, 15) is 12.8 Å². The molecule has 0 aliphatic carbocycles. The van der Waals surface area contributed by atoms with Gasteiger partial charge >= 0.3 is 0 Å². The molecule has 2 aromatic heterocycles. The highest BCUT2D eigenvalue weighted by Crippen LogP contribution is 2.39. The third kappa shape index (κ3) is 5.79. The van der Waals surface area contributed by atoms with Crippen LogP contribution in [0.15, 0.2) is 36.7 Å². The third-order valence-electron chi connectivity index (χ3n) is 7.78. The van der Waals surface area contributed by atoms with Gasteiger partial charge in [0.2, 0.25) is 5.95 Å². The molecule has 0 saturated carbocycles. The van der Waals surface area contributed by atoms with E-state index < -0.39 is 29.2 Å². The molecule has 2 aliphatic heterocycles. The van der Waals surface area contributed by atoms with Gasteiger partial charge in [0.25, 0.3) is 0 Å². The summed E-state index contributed by atoms with van der Waals surface area (Å²) in [4.78, 5) is 17.4. The van der Waals surface area contributed by atoms with Crippen molar-refractivity contribution in [2.45, 2.75) is 51.4 Å². The smallest absolute Gasteiger partial charge is 0.227 e. The zero-order valence-corrected chi connectivity index (χ0v) is 23.4. The molecule has 0 amide bonds. The number of halogens is 1. The van der Waals surface area contributed by atoms with Crippen molar-refractivity contribution in [3.63, 3.8) is 0 Å². The maximum Gasteiger partial charge on any atom is 0.227 e. The number of methoxy groups -OCH3 is 1. The summed E-state index contributed by atoms with van der Waals surface area (Å²) in [5.41, 5.74) is 2.20. The second kappa shape index (κ2) is 10.8. The van der Waals surface area contributed by atoms with Gasteiger partial charge in [0, 0.05) is 61.8 Å². The molecule has 4 atom stereocenters. The highest BCUT2D eigenvalue weighted by Gasteiger charge is 2.38. The number of hydrogen-bond acceptors (Lipinski definition) is 9. The van der Waals surface area contributed by atoms with E-state index in [1.165, 1.54) is 11.8 Å². The van der Waals surface area contributed by atoms with Gasteiger partial charge in [-0.05, 0) is 48.4 Å². The van der Waals surface area contributed by atoms with E-state index in [2.05, 4.69) is 58.1 Å². The lowest BCUT2D eigenvalue weighted by Gasteiger charge is -2.48. The van der Waals surface area contributed by atoms with Crippen molar-refractivity contribution >= 4 is 43.9 Å². The van der Waals surface area contributed by atoms with Gasteiger partial charge in [0.15, 0.2) is 0 Å². The van der Waals surface area contributed by atoms with Crippen LogP contribution in [0.4, 0.5) is 27.7 Å². The minimum atomic E-state index is -3.05. The number of pyridine rings is 1. The first-order valence-corrected chi connectivity index (χ1v) is 15.3. The van der Waals surface area contributed by atoms with Crippen LogP contribution in [0.5, 0.6) is 0 Å². The summed E-state index contributed by atoms with van der Waals surface area (Å²) < 4.78 is 65.1. The fraction of sp³-hybridized carbons (Fsp3) is 0.536. The number of sulfone groups is 1. The van der Waals surface area contributed by atoms with Crippen LogP contribution in [-0.4, -0.2) is 80.4 Å². The Morgan fingerprint density at radius 2 is 2.03 bits per heavy atom. The summed E-state index contributed by atoms with van der Waals surface area (Å²) in [6.07, 6.45) is 2.42. The van der Waals surface area contributed by atoms with Crippen molar-refractivity contribution in [1.82, 2.24) is 15.0 Å². The lowest BCUT2D eigenvalue weighted by Crippen LogP contribution is -2.57. The number of aromatic nitrogens is 3. The summed E-state index contributed by atoms with van der Waals surface area (Å²) in [5, 5.41) is 5.29. The van der Waals surface area contributed by atoms with E-state index in [-0.39, 0.29) is 36.6 Å². The maximum absolute atomic E-state index is 14.7. The molecule has 1 N–H and O–H groups in total. The first-order valence-electron chi connectivity index (χ1n) is 14.7. The second-order valence-corrected chi connectivity index (χ2v) is 13.1. The van der Waals surface area contributed by atoms with Crippen LogP contribution in [-0.2, 0) is 14.6 Å². The lowest BCUT2D eigenvalue weighted by molar-refractivity contribution is 0.0194. The van der Waals surface area contributed by atoms with Crippen LogP contribution in [0, 0.1) is 5.92 Å². The van der Waals surface area contributed by atoms with Gasteiger partial charge in [0.05, 0.1) is 22.5 Å². The van der Waals surface area contributed by atoms with E-state index in [1.54, 1.807) is 17.2 Å². The second-order valence-electron chi connectivity index (χ2n) is 11.0. The average molecular weight is 560 g/mol. The molecule has 4 heterocycles. The van der Waals surface area contributed by atoms with Crippen LogP contribution in [0.25, 0.3) is 10.8 Å². The molecule has 39 heavy (non-hydrogen) atoms. The van der Waals surface area contributed by atoms with E-state index >= 15 is 0 Å². The Morgan fingerprint density at radius 1 is 1.21 bits per heavy atom. The topological polar surface area (TPSA) is 101 Å². The van der Waals surface area contributed by atoms with Crippen LogP contribution in [0.2, 0.25) is 0 Å². The quantitative estimate of drug-likeness (QED) is 0.432. The Hall–Kier alpha value is -3.05. The Kier molecular flexibility index (Phi) is 6.62. The molecule has 2 fully saturated rings. The SMILES string of the molecule is [2H]C([2H])([2H])O[C@H]1CCN(c2nccc(Nc3cc4c(C(C)C)ccc(N5C[C@H](CS(C)(=O)=O)[C@H]5C)c4cn3)n2)C[C@H]1F. The molecule has 2 aliphatic rings. The summed E-state index contributed by atoms with van der Waals surface area (Å²) in [6.45, 7) is 7.30. The van der Waals surface area contributed by atoms with Crippen LogP contribution in [0.3, 0.4) is 0 Å². The molecule has 210 valence electrons. The molecular weight excluding hydrogens is 519 g/mol. The normalized spacial score (nSPS) is 25.2. The van der Waals surface area contributed by atoms with Gasteiger partial charge in [0.1, 0.15) is 27.6 Å². The van der Waals surface area contributed by atoms with Crippen molar-refractivity contribution in [2.24, 2.45) is 5.92 Å². The Morgan fingerprint density at radius 3 is 2.72 bits per heavy atom. The number of nitrogens with one attached hydrogen (secondary N) is 1. The molecule has 0 unspecified atom stereocenters. The molecule has 0 spiro atoms. The molecule has 5 rings (SSSR count). The molecule has 11 heteroatoms. The monoisotopic (exact) mass is 559 g/mol. The Bertz CT molecular complexity index is 1560. The van der Waals surface area contributed by atoms with Crippen molar-refractivity contribution in [2.75, 3.05) is 53.8 Å². The van der Waals surface area contributed by atoms with Gasteiger partial charge in [-0.3, -0.25) is 0 Å². The van der Waals surface area contributed by atoms with Crippen molar-refractivity contribution < 1.29 is 21.7 Å². The molecular formula is C28H37FN6O3S. The first kappa shape index (κ1) is 23.8. The standard InChI is InChI=1S/C28H37FN6O3S/c1-17(2)20-6-7-24(35-14-19(18(35)3)16-39(5,36)37)22-13-31-27(12-21(20)22)32-26-8-10-30-28(33-26)34-11-9-25(38-4)23(29)15-34/h6-8,10,12-13,17-19,23,25H,9,11,14-16H2,1-5H3,(H,30,31,32,33)/t18-,19-,23-,25+/m1/s1/i4D3. The van der Waals surface area contributed by atoms with Crippen LogP contribution < -0.4 is 15.1 Å². The molecule has 0 bridgehead atoms. The highest BCUT2D eigenvalue weighted by atomic mass is 32.2.